The summed E-state index contributed by atoms with van der Waals surface area (Å²) < 4.78 is 5.56. The zero-order valence-electron chi connectivity index (χ0n) is 10.9. The van der Waals surface area contributed by atoms with Crippen LogP contribution in [0.5, 0.6) is 0 Å². The Kier molecular flexibility index (Phi) is 3.71. The van der Waals surface area contributed by atoms with Crippen molar-refractivity contribution in [3.8, 4) is 0 Å². The summed E-state index contributed by atoms with van der Waals surface area (Å²) in [6.07, 6.45) is 2.26. The molecule has 0 spiro atoms. The maximum absolute atomic E-state index is 11.2. The molecule has 0 saturated carbocycles. The van der Waals surface area contributed by atoms with Crippen molar-refractivity contribution in [2.24, 2.45) is 0 Å². The average molecular weight is 299 g/mol. The molecule has 0 unspecified atom stereocenters. The number of nitrogens with one attached hydrogen (secondary N) is 1. The first-order valence-corrected chi connectivity index (χ1v) is 6.67. The molecule has 4 nitrogen and oxygen atoms in total. The van der Waals surface area contributed by atoms with Crippen molar-refractivity contribution in [2.75, 3.05) is 5.32 Å². The van der Waals surface area contributed by atoms with Crippen LogP contribution in [0.3, 0.4) is 0 Å². The van der Waals surface area contributed by atoms with Crippen LogP contribution in [-0.2, 0) is 4.79 Å². The number of carbonyl (C=O) groups excluding carboxylic acids is 1. The smallest absolute Gasteiger partial charge is 0.232 e. The molecule has 0 fully saturated rings. The second kappa shape index (κ2) is 5.81. The Morgan fingerprint density at radius 3 is 2.62 bits per heavy atom. The van der Waals surface area contributed by atoms with Crippen molar-refractivity contribution in [1.82, 2.24) is 4.98 Å². The normalized spacial score (nSPS) is 11.6. The van der Waals surface area contributed by atoms with Crippen molar-refractivity contribution < 1.29 is 9.21 Å². The third-order valence-electron chi connectivity index (χ3n) is 2.91. The van der Waals surface area contributed by atoms with E-state index in [0.29, 0.717) is 28.0 Å². The van der Waals surface area contributed by atoms with Crippen molar-refractivity contribution in [3.63, 3.8) is 0 Å². The van der Waals surface area contributed by atoms with E-state index < -0.39 is 0 Å². The minimum atomic E-state index is 0.285. The molecule has 2 aromatic carbocycles. The first kappa shape index (κ1) is 13.4. The molecule has 1 aromatic heterocycles. The van der Waals surface area contributed by atoms with Crippen LogP contribution in [0.2, 0.25) is 5.02 Å². The fraction of sp³-hybridized carbons (Fsp3) is 0. The number of carbonyl (C=O) groups is 1. The highest BCUT2D eigenvalue weighted by atomic mass is 35.5. The lowest BCUT2D eigenvalue weighted by molar-refractivity contribution is -0.103. The summed E-state index contributed by atoms with van der Waals surface area (Å²) in [5.41, 5.74) is 2.51. The fourth-order valence-electron chi connectivity index (χ4n) is 1.85. The van der Waals surface area contributed by atoms with Gasteiger partial charge in [0.25, 0.3) is 0 Å². The Morgan fingerprint density at radius 1 is 1.14 bits per heavy atom. The summed E-state index contributed by atoms with van der Waals surface area (Å²) in [6.45, 7) is 0. The lowest BCUT2D eigenvalue weighted by Crippen LogP contribution is -1.93. The van der Waals surface area contributed by atoms with E-state index in [0.717, 1.165) is 5.69 Å². The fourth-order valence-corrected chi connectivity index (χ4v) is 1.98. The first-order chi connectivity index (χ1) is 10.3. The third kappa shape index (κ3) is 2.95. The van der Waals surface area contributed by atoms with Gasteiger partial charge in [0.1, 0.15) is 5.52 Å². The summed E-state index contributed by atoms with van der Waals surface area (Å²) in [4.78, 5) is 15.5. The Balaban J connectivity index is 1.88. The lowest BCUT2D eigenvalue weighted by Gasteiger charge is -2.01. The minimum absolute atomic E-state index is 0.285. The Hall–Kier alpha value is -2.59. The third-order valence-corrected chi connectivity index (χ3v) is 3.16. The van der Waals surface area contributed by atoms with Crippen LogP contribution < -0.4 is 5.32 Å². The number of halogens is 1. The number of hydrogen-bond acceptors (Lipinski definition) is 4. The van der Waals surface area contributed by atoms with Crippen LogP contribution in [0.1, 0.15) is 5.89 Å². The van der Waals surface area contributed by atoms with Gasteiger partial charge in [0.05, 0.1) is 5.57 Å². The van der Waals surface area contributed by atoms with Crippen LogP contribution in [0.25, 0.3) is 16.7 Å². The second-order valence-electron chi connectivity index (χ2n) is 4.36. The summed E-state index contributed by atoms with van der Waals surface area (Å²) in [7, 11) is 0. The van der Waals surface area contributed by atoms with Gasteiger partial charge in [0, 0.05) is 16.9 Å². The van der Waals surface area contributed by atoms with E-state index in [4.69, 9.17) is 16.0 Å². The molecular formula is C16H11ClN2O2. The lowest BCUT2D eigenvalue weighted by atomic mass is 10.3. The number of benzene rings is 2. The van der Waals surface area contributed by atoms with E-state index in [1.807, 2.05) is 30.3 Å². The van der Waals surface area contributed by atoms with Gasteiger partial charge >= 0.3 is 0 Å². The molecule has 5 heteroatoms. The molecule has 3 rings (SSSR count). The number of aldehydes is 1. The highest BCUT2D eigenvalue weighted by Gasteiger charge is 2.09. The first-order valence-electron chi connectivity index (χ1n) is 6.29. The number of anilines is 1. The predicted octanol–water partition coefficient (Wildman–Crippen LogP) is 4.13. The molecule has 0 bridgehead atoms. The van der Waals surface area contributed by atoms with Gasteiger partial charge in [-0.15, -0.1) is 0 Å². The maximum atomic E-state index is 11.2. The number of rotatable bonds is 4. The zero-order chi connectivity index (χ0) is 14.7. The number of para-hydroxylation sites is 2. The minimum Gasteiger partial charge on any atom is -0.436 e. The number of nitrogens with zero attached hydrogens (tertiary/aromatic N) is 1. The number of oxazole rings is 1. The van der Waals surface area contributed by atoms with Crippen molar-refractivity contribution >= 4 is 40.2 Å². The van der Waals surface area contributed by atoms with Crippen LogP contribution in [-0.4, -0.2) is 11.3 Å². The molecule has 3 aromatic rings. The number of aromatic nitrogens is 1. The van der Waals surface area contributed by atoms with Crippen LogP contribution in [0, 0.1) is 0 Å². The van der Waals surface area contributed by atoms with Gasteiger partial charge in [-0.3, -0.25) is 4.79 Å². The van der Waals surface area contributed by atoms with Gasteiger partial charge in [-0.1, -0.05) is 23.7 Å². The molecule has 0 aliphatic heterocycles. The van der Waals surface area contributed by atoms with E-state index in [1.165, 1.54) is 0 Å². The molecule has 1 N–H and O–H groups in total. The molecule has 0 amide bonds. The molecule has 21 heavy (non-hydrogen) atoms. The molecule has 0 atom stereocenters. The number of allylic oxidation sites excluding steroid dienone is 1. The maximum Gasteiger partial charge on any atom is 0.232 e. The van der Waals surface area contributed by atoms with Gasteiger partial charge in [-0.2, -0.15) is 0 Å². The molecule has 0 aliphatic rings. The number of fused-ring (bicyclic) bond motifs is 1. The van der Waals surface area contributed by atoms with E-state index in [9.17, 15) is 4.79 Å². The van der Waals surface area contributed by atoms with Gasteiger partial charge in [0.2, 0.25) is 5.89 Å². The molecular weight excluding hydrogens is 288 g/mol. The average Bonchev–Trinajstić information content (AvgIpc) is 2.93. The second-order valence-corrected chi connectivity index (χ2v) is 4.79. The van der Waals surface area contributed by atoms with Crippen molar-refractivity contribution in [2.45, 2.75) is 0 Å². The van der Waals surface area contributed by atoms with Crippen LogP contribution in [0.15, 0.2) is 59.1 Å². The summed E-state index contributed by atoms with van der Waals surface area (Å²) in [5.74, 6) is 0.285. The van der Waals surface area contributed by atoms with E-state index in [-0.39, 0.29) is 5.89 Å². The topological polar surface area (TPSA) is 55.1 Å². The number of hydrogen-bond donors (Lipinski definition) is 1. The Morgan fingerprint density at radius 2 is 1.90 bits per heavy atom. The molecule has 0 radical (unpaired) electrons. The predicted molar refractivity (Wildman–Crippen MR) is 83.1 cm³/mol. The standard InChI is InChI=1S/C16H11ClN2O2/c17-12-5-7-13(8-6-12)18-9-11(10-20)16-19-14-3-1-2-4-15(14)21-16/h1-10,18H/b11-9+. The quantitative estimate of drug-likeness (QED) is 0.581. The summed E-state index contributed by atoms with van der Waals surface area (Å²) in [6, 6.07) is 14.5. The molecule has 104 valence electrons. The van der Waals surface area contributed by atoms with Crippen LogP contribution in [0.4, 0.5) is 5.69 Å². The van der Waals surface area contributed by atoms with Crippen molar-refractivity contribution in [3.05, 3.63) is 65.6 Å². The highest BCUT2D eigenvalue weighted by Crippen LogP contribution is 2.20. The Bertz CT molecular complexity index is 774. The van der Waals surface area contributed by atoms with E-state index >= 15 is 0 Å². The molecule has 0 aliphatic carbocycles. The summed E-state index contributed by atoms with van der Waals surface area (Å²) in [5, 5.41) is 3.67. The highest BCUT2D eigenvalue weighted by molar-refractivity contribution is 6.30. The van der Waals surface area contributed by atoms with Gasteiger partial charge in [0.15, 0.2) is 11.9 Å². The largest absolute Gasteiger partial charge is 0.436 e. The molecule has 1 heterocycles. The summed E-state index contributed by atoms with van der Waals surface area (Å²) >= 11 is 5.82. The van der Waals surface area contributed by atoms with Gasteiger partial charge in [-0.25, -0.2) is 4.98 Å². The zero-order valence-corrected chi connectivity index (χ0v) is 11.7. The van der Waals surface area contributed by atoms with Gasteiger partial charge < -0.3 is 9.73 Å². The Labute approximate surface area is 126 Å². The van der Waals surface area contributed by atoms with Crippen LogP contribution >= 0.6 is 11.6 Å². The van der Waals surface area contributed by atoms with Crippen molar-refractivity contribution in [1.29, 1.82) is 0 Å². The molecule has 0 saturated heterocycles. The monoisotopic (exact) mass is 298 g/mol. The SMILES string of the molecule is O=C/C(=C\Nc1ccc(Cl)cc1)c1nc2ccccc2o1. The van der Waals surface area contributed by atoms with Gasteiger partial charge in [-0.05, 0) is 36.4 Å². The van der Waals surface area contributed by atoms with E-state index in [2.05, 4.69) is 10.3 Å². The van der Waals surface area contributed by atoms with E-state index in [1.54, 1.807) is 24.4 Å².